The molecule has 0 unspecified atom stereocenters. The zero-order valence-corrected chi connectivity index (χ0v) is 17.5. The van der Waals surface area contributed by atoms with Gasteiger partial charge in [-0.2, -0.15) is 3.71 Å². The van der Waals surface area contributed by atoms with Crippen molar-refractivity contribution >= 4 is 53.3 Å². The van der Waals surface area contributed by atoms with E-state index in [9.17, 15) is 26.0 Å². The first-order valence-corrected chi connectivity index (χ1v) is 11.9. The van der Waals surface area contributed by atoms with E-state index in [1.54, 1.807) is 0 Å². The Morgan fingerprint density at radius 1 is 1.04 bits per heavy atom. The molecule has 0 fully saturated rings. The third-order valence-electron chi connectivity index (χ3n) is 3.31. The number of halogens is 2. The summed E-state index contributed by atoms with van der Waals surface area (Å²) in [5, 5.41) is 2.61. The van der Waals surface area contributed by atoms with Crippen LogP contribution in [0.15, 0.2) is 46.9 Å². The average Bonchev–Trinajstić information content (AvgIpc) is 2.49. The molecule has 0 atom stereocenters. The quantitative estimate of drug-likeness (QED) is 0.687. The molecule has 2 aromatic carbocycles. The molecule has 0 aliphatic carbocycles. The Balaban J connectivity index is 2.23. The predicted octanol–water partition coefficient (Wildman–Crippen LogP) is 2.50. The maximum atomic E-state index is 12.9. The normalized spacial score (nSPS) is 11.9. The van der Waals surface area contributed by atoms with Gasteiger partial charge in [0.05, 0.1) is 24.6 Å². The first kappa shape index (κ1) is 21.3. The van der Waals surface area contributed by atoms with Crippen molar-refractivity contribution in [3.63, 3.8) is 0 Å². The van der Waals surface area contributed by atoms with Gasteiger partial charge in [0.2, 0.25) is 26.0 Å². The van der Waals surface area contributed by atoms with Gasteiger partial charge in [-0.15, -0.1) is 0 Å². The van der Waals surface area contributed by atoms with E-state index in [1.807, 2.05) is 0 Å². The van der Waals surface area contributed by atoms with E-state index in [0.717, 1.165) is 12.5 Å². The summed E-state index contributed by atoms with van der Waals surface area (Å²) >= 11 is 3.13. The van der Waals surface area contributed by atoms with Crippen molar-refractivity contribution in [3.8, 4) is 0 Å². The summed E-state index contributed by atoms with van der Waals surface area (Å²) in [6, 6.07) is 9.51. The van der Waals surface area contributed by atoms with E-state index in [-0.39, 0.29) is 22.5 Å². The second-order valence-corrected chi connectivity index (χ2v) is 10.5. The number of sulfonamides is 2. The minimum absolute atomic E-state index is 0.0124. The van der Waals surface area contributed by atoms with E-state index < -0.39 is 25.9 Å². The summed E-state index contributed by atoms with van der Waals surface area (Å²) in [6.45, 7) is 0. The lowest BCUT2D eigenvalue weighted by Gasteiger charge is -2.21. The highest BCUT2D eigenvalue weighted by Gasteiger charge is 2.29. The van der Waals surface area contributed by atoms with Gasteiger partial charge in [0.1, 0.15) is 5.82 Å². The summed E-state index contributed by atoms with van der Waals surface area (Å²) in [5.74, 6) is -0.774. The highest BCUT2D eigenvalue weighted by Crippen LogP contribution is 2.32. The number of anilines is 2. The molecular weight excluding hydrogens is 463 g/mol. The van der Waals surface area contributed by atoms with Gasteiger partial charge < -0.3 is 5.32 Å². The number of rotatable bonds is 6. The summed E-state index contributed by atoms with van der Waals surface area (Å²) < 4.78 is 60.8. The maximum absolute atomic E-state index is 12.9. The number of hydrogen-bond acceptors (Lipinski definition) is 5. The van der Waals surface area contributed by atoms with E-state index in [1.165, 1.54) is 42.5 Å². The summed E-state index contributed by atoms with van der Waals surface area (Å²) in [6.07, 6.45) is 1.57. The van der Waals surface area contributed by atoms with Crippen molar-refractivity contribution in [3.05, 3.63) is 58.3 Å². The number of hydrogen-bond donors (Lipinski definition) is 1. The number of nitrogens with one attached hydrogen (secondary N) is 1. The van der Waals surface area contributed by atoms with Crippen molar-refractivity contribution in [2.24, 2.45) is 0 Å². The lowest BCUT2D eigenvalue weighted by atomic mass is 10.1. The largest absolute Gasteiger partial charge is 0.326 e. The van der Waals surface area contributed by atoms with Crippen LogP contribution in [0.5, 0.6) is 0 Å². The number of benzene rings is 2. The maximum Gasteiger partial charge on any atom is 0.245 e. The molecule has 1 N–H and O–H groups in total. The molecule has 0 aromatic heterocycles. The second-order valence-electron chi connectivity index (χ2n) is 5.74. The van der Waals surface area contributed by atoms with Crippen LogP contribution in [-0.2, 0) is 31.3 Å². The van der Waals surface area contributed by atoms with Crippen molar-refractivity contribution in [1.29, 1.82) is 0 Å². The molecule has 0 bridgehead atoms. The van der Waals surface area contributed by atoms with E-state index >= 15 is 0 Å². The summed E-state index contributed by atoms with van der Waals surface area (Å²) in [5.41, 5.74) is 0.848. The van der Waals surface area contributed by atoms with Gasteiger partial charge in [-0.05, 0) is 51.8 Å². The van der Waals surface area contributed by atoms with Crippen molar-refractivity contribution in [2.45, 2.75) is 6.42 Å². The van der Waals surface area contributed by atoms with Crippen LogP contribution < -0.4 is 9.03 Å². The van der Waals surface area contributed by atoms with Gasteiger partial charge in [0.25, 0.3) is 0 Å². The van der Waals surface area contributed by atoms with Gasteiger partial charge in [0.15, 0.2) is 0 Å². The SMILES string of the molecule is CS(=O)(=O)N(c1ccc(NC(=O)Cc2ccc(F)cc2)cc1Br)S(C)(=O)=O. The molecule has 0 spiro atoms. The molecule has 0 heterocycles. The Hall–Kier alpha value is -1.98. The standard InChI is InChI=1S/C16H16BrFN2O5S2/c1-26(22,23)20(27(2,24)25)15-8-7-13(10-14(15)17)19-16(21)9-11-3-5-12(18)6-4-11/h3-8,10H,9H2,1-2H3,(H,19,21). The van der Waals surface area contributed by atoms with E-state index in [4.69, 9.17) is 0 Å². The van der Waals surface area contributed by atoms with E-state index in [2.05, 4.69) is 21.2 Å². The fraction of sp³-hybridized carbons (Fsp3) is 0.188. The highest BCUT2D eigenvalue weighted by molar-refractivity contribution is 9.10. The zero-order chi connectivity index (χ0) is 20.4. The smallest absolute Gasteiger partial charge is 0.245 e. The molecule has 27 heavy (non-hydrogen) atoms. The van der Waals surface area contributed by atoms with Gasteiger partial charge >= 0.3 is 0 Å². The molecule has 1 amide bonds. The summed E-state index contributed by atoms with van der Waals surface area (Å²) in [7, 11) is -8.16. The van der Waals surface area contributed by atoms with Crippen molar-refractivity contribution in [1.82, 2.24) is 0 Å². The van der Waals surface area contributed by atoms with Crippen LogP contribution in [0, 0.1) is 5.82 Å². The molecule has 0 aliphatic heterocycles. The number of carbonyl (C=O) groups is 1. The Morgan fingerprint density at radius 2 is 1.59 bits per heavy atom. The number of nitrogens with zero attached hydrogens (tertiary/aromatic N) is 1. The van der Waals surface area contributed by atoms with Crippen LogP contribution in [0.2, 0.25) is 0 Å². The highest BCUT2D eigenvalue weighted by atomic mass is 79.9. The van der Waals surface area contributed by atoms with Crippen molar-refractivity contribution < 1.29 is 26.0 Å². The molecular formula is C16H16BrFN2O5S2. The van der Waals surface area contributed by atoms with Crippen LogP contribution in [-0.4, -0.2) is 35.3 Å². The Kier molecular flexibility index (Phi) is 6.28. The lowest BCUT2D eigenvalue weighted by Crippen LogP contribution is -2.35. The van der Waals surface area contributed by atoms with Gasteiger partial charge in [0, 0.05) is 10.2 Å². The minimum atomic E-state index is -4.08. The zero-order valence-electron chi connectivity index (χ0n) is 14.3. The molecule has 0 aliphatic rings. The molecule has 2 aromatic rings. The van der Waals surface area contributed by atoms with Crippen molar-refractivity contribution in [2.75, 3.05) is 21.5 Å². The molecule has 0 saturated heterocycles. The minimum Gasteiger partial charge on any atom is -0.326 e. The van der Waals surface area contributed by atoms with Crippen LogP contribution in [0.25, 0.3) is 0 Å². The molecule has 11 heteroatoms. The van der Waals surface area contributed by atoms with Crippen LogP contribution in [0.4, 0.5) is 15.8 Å². The topological polar surface area (TPSA) is 101 Å². The van der Waals surface area contributed by atoms with Gasteiger partial charge in [-0.1, -0.05) is 12.1 Å². The lowest BCUT2D eigenvalue weighted by molar-refractivity contribution is -0.115. The number of carbonyl (C=O) groups excluding carboxylic acids is 1. The average molecular weight is 479 g/mol. The monoisotopic (exact) mass is 478 g/mol. The van der Waals surface area contributed by atoms with Crippen LogP contribution >= 0.6 is 15.9 Å². The molecule has 0 saturated carbocycles. The third kappa shape index (κ3) is 5.75. The third-order valence-corrected chi connectivity index (χ3v) is 7.17. The summed E-state index contributed by atoms with van der Waals surface area (Å²) in [4.78, 5) is 12.1. The van der Waals surface area contributed by atoms with Crippen LogP contribution in [0.1, 0.15) is 5.56 Å². The molecule has 0 radical (unpaired) electrons. The van der Waals surface area contributed by atoms with Gasteiger partial charge in [-0.3, -0.25) is 4.79 Å². The first-order valence-electron chi connectivity index (χ1n) is 7.42. The molecule has 7 nitrogen and oxygen atoms in total. The first-order chi connectivity index (χ1) is 12.4. The van der Waals surface area contributed by atoms with Gasteiger partial charge in [-0.25, -0.2) is 21.2 Å². The molecule has 146 valence electrons. The fourth-order valence-corrected chi connectivity index (χ4v) is 6.12. The Bertz CT molecular complexity index is 1040. The molecule has 2 rings (SSSR count). The second kappa shape index (κ2) is 7.95. The fourth-order valence-electron chi connectivity index (χ4n) is 2.33. The Morgan fingerprint density at radius 3 is 2.07 bits per heavy atom. The number of amides is 1. The Labute approximate surface area is 165 Å². The van der Waals surface area contributed by atoms with Crippen LogP contribution in [0.3, 0.4) is 0 Å². The predicted molar refractivity (Wildman–Crippen MR) is 105 cm³/mol. The van der Waals surface area contributed by atoms with E-state index in [0.29, 0.717) is 15.0 Å².